The molecular weight excluding hydrogens is 200 g/mol. The van der Waals surface area contributed by atoms with Crippen molar-refractivity contribution in [3.8, 4) is 0 Å². The monoisotopic (exact) mass is 212 g/mol. The maximum Gasteiger partial charge on any atom is 0.248 e. The number of nitrogens with two attached hydrogens (primary N) is 1. The maximum atomic E-state index is 11.6. The Morgan fingerprint density at radius 1 is 1.43 bits per heavy atom. The lowest BCUT2D eigenvalue weighted by Crippen LogP contribution is -2.11. The van der Waals surface area contributed by atoms with E-state index in [9.17, 15) is 9.00 Å². The number of hydrogen-bond donors (Lipinski definition) is 2. The van der Waals surface area contributed by atoms with Crippen LogP contribution in [0.25, 0.3) is 0 Å². The average Bonchev–Trinajstić information content (AvgIpc) is 2.18. The first kappa shape index (κ1) is 10.7. The molecule has 0 aliphatic rings. The Hall–Kier alpha value is -1.36. The summed E-state index contributed by atoms with van der Waals surface area (Å²) < 4.78 is 19.1. The molecule has 76 valence electrons. The van der Waals surface area contributed by atoms with Gasteiger partial charge in [-0.25, -0.2) is 8.99 Å². The highest BCUT2D eigenvalue weighted by molar-refractivity contribution is 7.92. The summed E-state index contributed by atoms with van der Waals surface area (Å²) in [7, 11) is -2.69. The van der Waals surface area contributed by atoms with Crippen LogP contribution in [0.2, 0.25) is 0 Å². The van der Waals surface area contributed by atoms with Crippen molar-refractivity contribution in [1.82, 2.24) is 0 Å². The van der Waals surface area contributed by atoms with Crippen molar-refractivity contribution in [3.05, 3.63) is 29.8 Å². The lowest BCUT2D eigenvalue weighted by Gasteiger charge is -2.04. The Bertz CT molecular complexity index is 434. The molecule has 0 heterocycles. The largest absolute Gasteiger partial charge is 0.366 e. The first-order valence-corrected chi connectivity index (χ1v) is 5.86. The molecule has 0 radical (unpaired) electrons. The Balaban J connectivity index is 3.12. The Labute approximate surface area is 83.1 Å². The summed E-state index contributed by atoms with van der Waals surface area (Å²) >= 11 is 0. The number of primary amides is 1. The molecule has 1 aromatic carbocycles. The number of benzene rings is 1. The molecule has 14 heavy (non-hydrogen) atoms. The third-order valence-electron chi connectivity index (χ3n) is 1.93. The number of amides is 1. The van der Waals surface area contributed by atoms with Crippen molar-refractivity contribution in [2.24, 2.45) is 5.73 Å². The molecule has 0 saturated carbocycles. The minimum atomic E-state index is -2.69. The molecule has 0 spiro atoms. The van der Waals surface area contributed by atoms with Crippen LogP contribution in [0, 0.1) is 4.78 Å². The van der Waals surface area contributed by atoms with E-state index in [0.717, 1.165) is 0 Å². The van der Waals surface area contributed by atoms with Crippen LogP contribution in [-0.2, 0) is 9.73 Å². The van der Waals surface area contributed by atoms with Gasteiger partial charge in [-0.2, -0.15) is 0 Å². The molecule has 1 aromatic rings. The van der Waals surface area contributed by atoms with Crippen LogP contribution in [0.3, 0.4) is 0 Å². The predicted octanol–water partition coefficient (Wildman–Crippen LogP) is 1.21. The molecule has 0 saturated heterocycles. The molecule has 0 fully saturated rings. The van der Waals surface area contributed by atoms with Gasteiger partial charge in [-0.05, 0) is 24.3 Å². The summed E-state index contributed by atoms with van der Waals surface area (Å²) in [4.78, 5) is 11.2. The number of carbonyl (C=O) groups excluding carboxylic acids is 1. The van der Waals surface area contributed by atoms with Gasteiger partial charge in [0.2, 0.25) is 5.91 Å². The van der Waals surface area contributed by atoms with Gasteiger partial charge in [0.15, 0.2) is 0 Å². The predicted molar refractivity (Wildman–Crippen MR) is 54.6 cm³/mol. The second-order valence-corrected chi connectivity index (χ2v) is 5.25. The van der Waals surface area contributed by atoms with E-state index >= 15 is 0 Å². The van der Waals surface area contributed by atoms with Crippen LogP contribution in [0.4, 0.5) is 0 Å². The van der Waals surface area contributed by atoms with Crippen molar-refractivity contribution in [1.29, 1.82) is 4.78 Å². The second-order valence-electron chi connectivity index (χ2n) is 2.85. The molecule has 0 aliphatic carbocycles. The van der Waals surface area contributed by atoms with E-state index in [0.29, 0.717) is 10.5 Å². The fourth-order valence-corrected chi connectivity index (χ4v) is 1.91. The van der Waals surface area contributed by atoms with Crippen LogP contribution in [0.5, 0.6) is 0 Å². The van der Waals surface area contributed by atoms with Crippen LogP contribution < -0.4 is 5.73 Å². The zero-order valence-corrected chi connectivity index (χ0v) is 8.64. The van der Waals surface area contributed by atoms with Crippen LogP contribution in [0.15, 0.2) is 29.2 Å². The highest BCUT2D eigenvalue weighted by atomic mass is 32.2. The van der Waals surface area contributed by atoms with Crippen molar-refractivity contribution < 1.29 is 9.00 Å². The van der Waals surface area contributed by atoms with Crippen LogP contribution in [0.1, 0.15) is 17.3 Å². The van der Waals surface area contributed by atoms with E-state index < -0.39 is 15.6 Å². The Morgan fingerprint density at radius 3 is 2.29 bits per heavy atom. The summed E-state index contributed by atoms with van der Waals surface area (Å²) in [6, 6.07) is 6.00. The fraction of sp³-hybridized carbons (Fsp3) is 0.222. The highest BCUT2D eigenvalue weighted by Gasteiger charge is 2.07. The number of rotatable bonds is 3. The molecule has 1 rings (SSSR count). The van der Waals surface area contributed by atoms with Crippen molar-refractivity contribution >= 4 is 15.6 Å². The summed E-state index contributed by atoms with van der Waals surface area (Å²) in [6.45, 7) is 1.69. The van der Waals surface area contributed by atoms with Crippen LogP contribution in [-0.4, -0.2) is 15.9 Å². The van der Waals surface area contributed by atoms with E-state index in [4.69, 9.17) is 10.5 Å². The van der Waals surface area contributed by atoms with Crippen LogP contribution >= 0.6 is 0 Å². The molecule has 1 amide bonds. The molecular formula is C9H12N2O2S. The standard InChI is InChI=1S/C9H12N2O2S/c1-2-14(11,13)8-5-3-7(4-6-8)9(10)12/h3-6,11H,2H2,1H3,(H2,10,12)/t14-/m1/s1. The van der Waals surface area contributed by atoms with Gasteiger partial charge < -0.3 is 5.73 Å². The van der Waals surface area contributed by atoms with E-state index in [-0.39, 0.29) is 5.75 Å². The maximum absolute atomic E-state index is 11.6. The minimum Gasteiger partial charge on any atom is -0.366 e. The van der Waals surface area contributed by atoms with E-state index in [2.05, 4.69) is 0 Å². The van der Waals surface area contributed by atoms with Gasteiger partial charge in [0, 0.05) is 16.2 Å². The van der Waals surface area contributed by atoms with Gasteiger partial charge in [-0.3, -0.25) is 4.79 Å². The summed E-state index contributed by atoms with van der Waals surface area (Å²) in [5.74, 6) is -0.257. The van der Waals surface area contributed by atoms with E-state index in [1.54, 1.807) is 6.92 Å². The van der Waals surface area contributed by atoms with Gasteiger partial charge in [0.05, 0.1) is 9.73 Å². The van der Waals surface area contributed by atoms with Gasteiger partial charge in [-0.15, -0.1) is 0 Å². The first-order chi connectivity index (χ1) is 6.47. The number of hydrogen-bond acceptors (Lipinski definition) is 3. The third kappa shape index (κ3) is 2.11. The molecule has 0 aliphatic heterocycles. The lowest BCUT2D eigenvalue weighted by atomic mass is 10.2. The van der Waals surface area contributed by atoms with Gasteiger partial charge >= 0.3 is 0 Å². The van der Waals surface area contributed by atoms with Gasteiger partial charge in [0.1, 0.15) is 0 Å². The topological polar surface area (TPSA) is 84.0 Å². The number of carbonyl (C=O) groups is 1. The molecule has 1 atom stereocenters. The molecule has 0 aromatic heterocycles. The highest BCUT2D eigenvalue weighted by Crippen LogP contribution is 2.12. The molecule has 4 nitrogen and oxygen atoms in total. The number of nitrogens with one attached hydrogen (secondary N) is 1. The zero-order chi connectivity index (χ0) is 10.8. The van der Waals surface area contributed by atoms with Crippen molar-refractivity contribution in [3.63, 3.8) is 0 Å². The third-order valence-corrected chi connectivity index (χ3v) is 3.77. The normalized spacial score (nSPS) is 14.6. The summed E-state index contributed by atoms with van der Waals surface area (Å²) in [5, 5.41) is 0. The Kier molecular flexibility index (Phi) is 2.90. The van der Waals surface area contributed by atoms with Crippen molar-refractivity contribution in [2.45, 2.75) is 11.8 Å². The smallest absolute Gasteiger partial charge is 0.248 e. The molecule has 3 N–H and O–H groups in total. The van der Waals surface area contributed by atoms with Crippen molar-refractivity contribution in [2.75, 3.05) is 5.75 Å². The molecule has 5 heteroatoms. The van der Waals surface area contributed by atoms with E-state index in [1.807, 2.05) is 0 Å². The van der Waals surface area contributed by atoms with E-state index in [1.165, 1.54) is 24.3 Å². The molecule has 0 unspecified atom stereocenters. The fourth-order valence-electron chi connectivity index (χ4n) is 1.01. The first-order valence-electron chi connectivity index (χ1n) is 4.13. The quantitative estimate of drug-likeness (QED) is 0.789. The average molecular weight is 212 g/mol. The minimum absolute atomic E-state index is 0.267. The second kappa shape index (κ2) is 3.79. The summed E-state index contributed by atoms with van der Waals surface area (Å²) in [5.41, 5.74) is 5.41. The SMILES string of the molecule is CC[S@@](=N)(=O)c1ccc(C(N)=O)cc1. The zero-order valence-electron chi connectivity index (χ0n) is 7.82. The lowest BCUT2D eigenvalue weighted by molar-refractivity contribution is 0.1000. The summed E-state index contributed by atoms with van der Waals surface area (Å²) in [6.07, 6.45) is 0. The Morgan fingerprint density at radius 2 is 1.93 bits per heavy atom. The van der Waals surface area contributed by atoms with Gasteiger partial charge in [-0.1, -0.05) is 6.92 Å². The molecule has 0 bridgehead atoms. The van der Waals surface area contributed by atoms with Gasteiger partial charge in [0.25, 0.3) is 0 Å².